The van der Waals surface area contributed by atoms with Gasteiger partial charge in [0.1, 0.15) is 0 Å². The summed E-state index contributed by atoms with van der Waals surface area (Å²) in [4.78, 5) is 3.89. The molecule has 0 aliphatic carbocycles. The van der Waals surface area contributed by atoms with Crippen LogP contribution in [-0.4, -0.2) is 24.3 Å². The summed E-state index contributed by atoms with van der Waals surface area (Å²) in [5, 5.41) is 9.03. The van der Waals surface area contributed by atoms with Crippen LogP contribution in [0.25, 0.3) is 0 Å². The minimum Gasteiger partial charge on any atom is -0.392 e. The zero-order valence-electron chi connectivity index (χ0n) is 10.9. The number of hydrogen-bond acceptors (Lipinski definition) is 4. The number of nitrogens with zero attached hydrogens (tertiary/aromatic N) is 1. The first kappa shape index (κ1) is 14.5. The quantitative estimate of drug-likeness (QED) is 0.847. The van der Waals surface area contributed by atoms with Crippen LogP contribution in [-0.2, 0) is 23.1 Å². The predicted octanol–water partition coefficient (Wildman–Crippen LogP) is 1.56. The van der Waals surface area contributed by atoms with Crippen molar-refractivity contribution in [2.45, 2.75) is 13.0 Å². The molecule has 106 valence electrons. The van der Waals surface area contributed by atoms with E-state index in [4.69, 9.17) is 5.11 Å². The van der Waals surface area contributed by atoms with Crippen molar-refractivity contribution in [1.82, 2.24) is 4.98 Å². The van der Waals surface area contributed by atoms with E-state index in [0.29, 0.717) is 17.7 Å². The van der Waals surface area contributed by atoms with Crippen molar-refractivity contribution in [1.29, 1.82) is 0 Å². The van der Waals surface area contributed by atoms with Gasteiger partial charge >= 0.3 is 0 Å². The highest BCUT2D eigenvalue weighted by atomic mass is 32.2. The second kappa shape index (κ2) is 6.49. The van der Waals surface area contributed by atoms with Gasteiger partial charge in [0.25, 0.3) is 0 Å². The molecule has 2 aromatic rings. The van der Waals surface area contributed by atoms with Gasteiger partial charge in [-0.1, -0.05) is 12.1 Å². The maximum atomic E-state index is 12.0. The molecule has 0 saturated heterocycles. The summed E-state index contributed by atoms with van der Waals surface area (Å²) in [5.41, 5.74) is 2.06. The number of aliphatic hydroxyl groups is 1. The van der Waals surface area contributed by atoms with Crippen LogP contribution < -0.4 is 4.72 Å². The second-order valence-electron chi connectivity index (χ2n) is 4.38. The van der Waals surface area contributed by atoms with E-state index in [1.807, 2.05) is 0 Å². The lowest BCUT2D eigenvalue weighted by atomic mass is 10.2. The zero-order chi connectivity index (χ0) is 14.4. The highest BCUT2D eigenvalue weighted by molar-refractivity contribution is 7.92. The Morgan fingerprint density at radius 3 is 2.55 bits per heavy atom. The Balaban J connectivity index is 2.00. The summed E-state index contributed by atoms with van der Waals surface area (Å²) in [6, 6.07) is 10.3. The lowest BCUT2D eigenvalue weighted by Gasteiger charge is -2.09. The van der Waals surface area contributed by atoms with Crippen LogP contribution in [0.4, 0.5) is 5.69 Å². The van der Waals surface area contributed by atoms with Gasteiger partial charge in [0.2, 0.25) is 10.0 Å². The first-order chi connectivity index (χ1) is 9.59. The number of aromatic nitrogens is 1. The number of nitrogens with one attached hydrogen (secondary N) is 1. The molecule has 0 unspecified atom stereocenters. The van der Waals surface area contributed by atoms with Crippen LogP contribution in [0.3, 0.4) is 0 Å². The topological polar surface area (TPSA) is 79.3 Å². The lowest BCUT2D eigenvalue weighted by molar-refractivity contribution is 0.282. The lowest BCUT2D eigenvalue weighted by Crippen LogP contribution is -2.18. The number of benzene rings is 1. The van der Waals surface area contributed by atoms with E-state index in [2.05, 4.69) is 9.71 Å². The van der Waals surface area contributed by atoms with Gasteiger partial charge in [-0.15, -0.1) is 0 Å². The van der Waals surface area contributed by atoms with Gasteiger partial charge in [-0.2, -0.15) is 0 Å². The number of rotatable bonds is 6. The molecule has 0 spiro atoms. The number of pyridine rings is 1. The molecule has 1 heterocycles. The molecular formula is C14H16N2O3S. The summed E-state index contributed by atoms with van der Waals surface area (Å²) in [7, 11) is -3.41. The first-order valence-corrected chi connectivity index (χ1v) is 7.83. The fraction of sp³-hybridized carbons (Fsp3) is 0.214. The van der Waals surface area contributed by atoms with Crippen molar-refractivity contribution < 1.29 is 13.5 Å². The fourth-order valence-corrected chi connectivity index (χ4v) is 2.86. The molecule has 0 radical (unpaired) electrons. The molecule has 0 aliphatic heterocycles. The van der Waals surface area contributed by atoms with Crippen molar-refractivity contribution in [3.63, 3.8) is 0 Å². The number of aliphatic hydroxyl groups excluding tert-OH is 1. The molecular weight excluding hydrogens is 276 g/mol. The summed E-state index contributed by atoms with van der Waals surface area (Å²) in [5.74, 6) is 0.000363. The van der Waals surface area contributed by atoms with Crippen molar-refractivity contribution in [3.05, 3.63) is 59.9 Å². The SMILES string of the molecule is O=S(=O)(CCc1ccncc1)Nc1cccc(CO)c1. The molecule has 0 fully saturated rings. The van der Waals surface area contributed by atoms with E-state index in [-0.39, 0.29) is 12.4 Å². The maximum Gasteiger partial charge on any atom is 0.233 e. The van der Waals surface area contributed by atoms with Crippen LogP contribution in [0.15, 0.2) is 48.8 Å². The highest BCUT2D eigenvalue weighted by Crippen LogP contribution is 2.13. The van der Waals surface area contributed by atoms with Crippen LogP contribution >= 0.6 is 0 Å². The number of sulfonamides is 1. The smallest absolute Gasteiger partial charge is 0.233 e. The summed E-state index contributed by atoms with van der Waals surface area (Å²) >= 11 is 0. The Hall–Kier alpha value is -1.92. The normalized spacial score (nSPS) is 11.2. The van der Waals surface area contributed by atoms with Crippen molar-refractivity contribution >= 4 is 15.7 Å². The fourth-order valence-electron chi connectivity index (χ4n) is 1.77. The van der Waals surface area contributed by atoms with Gasteiger partial charge in [-0.25, -0.2) is 8.42 Å². The largest absolute Gasteiger partial charge is 0.392 e. The molecule has 5 nitrogen and oxygen atoms in total. The third-order valence-electron chi connectivity index (χ3n) is 2.79. The van der Waals surface area contributed by atoms with Gasteiger partial charge in [-0.05, 0) is 41.8 Å². The van der Waals surface area contributed by atoms with Gasteiger partial charge in [0, 0.05) is 18.1 Å². The highest BCUT2D eigenvalue weighted by Gasteiger charge is 2.10. The van der Waals surface area contributed by atoms with E-state index in [1.165, 1.54) is 0 Å². The molecule has 0 aliphatic rings. The molecule has 1 aromatic carbocycles. The van der Waals surface area contributed by atoms with E-state index < -0.39 is 10.0 Å². The molecule has 1 aromatic heterocycles. The summed E-state index contributed by atoms with van der Waals surface area (Å²) < 4.78 is 26.5. The minimum absolute atomic E-state index is 0.000363. The zero-order valence-corrected chi connectivity index (χ0v) is 11.7. The van der Waals surface area contributed by atoms with Gasteiger partial charge < -0.3 is 5.11 Å². The monoisotopic (exact) mass is 292 g/mol. The van der Waals surface area contributed by atoms with E-state index in [0.717, 1.165) is 5.56 Å². The average Bonchev–Trinajstić information content (AvgIpc) is 2.46. The number of hydrogen-bond donors (Lipinski definition) is 2. The average molecular weight is 292 g/mol. The third kappa shape index (κ3) is 4.32. The first-order valence-electron chi connectivity index (χ1n) is 6.18. The van der Waals surface area contributed by atoms with E-state index in [9.17, 15) is 8.42 Å². The van der Waals surface area contributed by atoms with Crippen molar-refractivity contribution in [3.8, 4) is 0 Å². The van der Waals surface area contributed by atoms with Crippen molar-refractivity contribution in [2.24, 2.45) is 0 Å². The predicted molar refractivity (Wildman–Crippen MR) is 77.7 cm³/mol. The molecule has 0 atom stereocenters. The Kier molecular flexibility index (Phi) is 4.70. The Labute approximate surface area is 118 Å². The Bertz CT molecular complexity index is 657. The van der Waals surface area contributed by atoms with Gasteiger partial charge in [0.05, 0.1) is 12.4 Å². The summed E-state index contributed by atoms with van der Waals surface area (Å²) in [6.07, 6.45) is 3.71. The van der Waals surface area contributed by atoms with E-state index >= 15 is 0 Å². The Morgan fingerprint density at radius 1 is 1.10 bits per heavy atom. The molecule has 6 heteroatoms. The maximum absolute atomic E-state index is 12.0. The number of anilines is 1. The van der Waals surface area contributed by atoms with Crippen LogP contribution in [0, 0.1) is 0 Å². The standard InChI is InChI=1S/C14H16N2O3S/c17-11-13-2-1-3-14(10-13)16-20(18,19)9-6-12-4-7-15-8-5-12/h1-5,7-8,10,16-17H,6,9,11H2. The molecule has 20 heavy (non-hydrogen) atoms. The molecule has 0 saturated carbocycles. The number of aryl methyl sites for hydroxylation is 1. The molecule has 2 rings (SSSR count). The molecule has 0 bridgehead atoms. The third-order valence-corrected chi connectivity index (χ3v) is 4.08. The van der Waals surface area contributed by atoms with Crippen LogP contribution in [0.5, 0.6) is 0 Å². The summed E-state index contributed by atoms with van der Waals surface area (Å²) in [6.45, 7) is -0.118. The Morgan fingerprint density at radius 2 is 1.85 bits per heavy atom. The minimum atomic E-state index is -3.41. The van der Waals surface area contributed by atoms with Gasteiger partial charge in [-0.3, -0.25) is 9.71 Å². The van der Waals surface area contributed by atoms with Crippen LogP contribution in [0.2, 0.25) is 0 Å². The van der Waals surface area contributed by atoms with Gasteiger partial charge in [0.15, 0.2) is 0 Å². The van der Waals surface area contributed by atoms with Crippen molar-refractivity contribution in [2.75, 3.05) is 10.5 Å². The van der Waals surface area contributed by atoms with Crippen LogP contribution in [0.1, 0.15) is 11.1 Å². The van der Waals surface area contributed by atoms with E-state index in [1.54, 1.807) is 48.8 Å². The second-order valence-corrected chi connectivity index (χ2v) is 6.23. The molecule has 2 N–H and O–H groups in total. The molecule has 0 amide bonds.